The van der Waals surface area contributed by atoms with Gasteiger partial charge in [0.15, 0.2) is 0 Å². The first-order valence-corrected chi connectivity index (χ1v) is 5.79. The lowest BCUT2D eigenvalue weighted by atomic mass is 10.0. The molecule has 0 amide bonds. The zero-order valence-electron chi connectivity index (χ0n) is 8.25. The summed E-state index contributed by atoms with van der Waals surface area (Å²) < 4.78 is 26.2. The third kappa shape index (κ3) is 2.27. The molecule has 16 heavy (non-hydrogen) atoms. The Morgan fingerprint density at radius 3 is 2.62 bits per heavy atom. The number of alkyl halides is 1. The van der Waals surface area contributed by atoms with Crippen LogP contribution in [0.4, 0.5) is 8.78 Å². The van der Waals surface area contributed by atoms with Crippen LogP contribution < -0.4 is 0 Å². The van der Waals surface area contributed by atoms with Crippen LogP contribution in [0.2, 0.25) is 0 Å². The van der Waals surface area contributed by atoms with E-state index in [0.29, 0.717) is 22.2 Å². The van der Waals surface area contributed by atoms with Crippen molar-refractivity contribution in [3.05, 3.63) is 53.9 Å². The molecule has 0 saturated carbocycles. The lowest BCUT2D eigenvalue weighted by Crippen LogP contribution is -1.93. The second-order valence-corrected chi connectivity index (χ2v) is 3.85. The lowest BCUT2D eigenvalue weighted by molar-refractivity contribution is 0.620. The molecule has 0 radical (unpaired) electrons. The highest BCUT2D eigenvalue weighted by Gasteiger charge is 2.07. The molecule has 0 unspecified atom stereocenters. The summed E-state index contributed by atoms with van der Waals surface area (Å²) in [5.74, 6) is -0.772. The molecule has 1 nitrogen and oxygen atoms in total. The van der Waals surface area contributed by atoms with E-state index in [1.54, 1.807) is 12.1 Å². The van der Waals surface area contributed by atoms with Gasteiger partial charge < -0.3 is 0 Å². The first-order chi connectivity index (χ1) is 7.70. The van der Waals surface area contributed by atoms with Crippen molar-refractivity contribution in [1.82, 2.24) is 4.98 Å². The molecule has 0 spiro atoms. The summed E-state index contributed by atoms with van der Waals surface area (Å²) in [6.45, 7) is 0. The highest BCUT2D eigenvalue weighted by Crippen LogP contribution is 2.25. The average Bonchev–Trinajstić information content (AvgIpc) is 2.29. The van der Waals surface area contributed by atoms with E-state index < -0.39 is 5.82 Å². The number of pyridine rings is 1. The van der Waals surface area contributed by atoms with Gasteiger partial charge in [-0.05, 0) is 23.8 Å². The molecule has 0 saturated heterocycles. The van der Waals surface area contributed by atoms with Crippen LogP contribution in [0.1, 0.15) is 5.69 Å². The van der Waals surface area contributed by atoms with E-state index in [1.165, 1.54) is 18.2 Å². The summed E-state index contributed by atoms with van der Waals surface area (Å²) in [6.07, 6.45) is 1.15. The number of rotatable bonds is 2. The maximum atomic E-state index is 13.1. The smallest absolute Gasteiger partial charge is 0.142 e. The van der Waals surface area contributed by atoms with Crippen LogP contribution in [0.25, 0.3) is 11.1 Å². The summed E-state index contributed by atoms with van der Waals surface area (Å²) in [5, 5.41) is 0.499. The van der Waals surface area contributed by atoms with E-state index in [-0.39, 0.29) is 5.82 Å². The van der Waals surface area contributed by atoms with Crippen LogP contribution >= 0.6 is 15.9 Å². The molecule has 1 aromatic heterocycles. The van der Waals surface area contributed by atoms with E-state index in [9.17, 15) is 8.78 Å². The number of aromatic nitrogens is 1. The summed E-state index contributed by atoms with van der Waals surface area (Å²) in [7, 11) is 0. The zero-order valence-corrected chi connectivity index (χ0v) is 9.84. The fourth-order valence-electron chi connectivity index (χ4n) is 1.48. The molecule has 0 aliphatic rings. The van der Waals surface area contributed by atoms with Gasteiger partial charge in [0.25, 0.3) is 0 Å². The Balaban J connectivity index is 2.58. The maximum Gasteiger partial charge on any atom is 0.142 e. The van der Waals surface area contributed by atoms with E-state index in [4.69, 9.17) is 0 Å². The van der Waals surface area contributed by atoms with Gasteiger partial charge in [-0.25, -0.2) is 8.78 Å². The van der Waals surface area contributed by atoms with E-state index >= 15 is 0 Å². The molecule has 82 valence electrons. The summed E-state index contributed by atoms with van der Waals surface area (Å²) >= 11 is 3.27. The predicted molar refractivity (Wildman–Crippen MR) is 62.2 cm³/mol. The Hall–Kier alpha value is -1.29. The molecule has 0 bridgehead atoms. The Kier molecular flexibility index (Phi) is 3.29. The first kappa shape index (κ1) is 11.2. The van der Waals surface area contributed by atoms with Gasteiger partial charge >= 0.3 is 0 Å². The summed E-state index contributed by atoms with van der Waals surface area (Å²) in [4.78, 5) is 3.96. The Morgan fingerprint density at radius 2 is 1.94 bits per heavy atom. The van der Waals surface area contributed by atoms with Crippen molar-refractivity contribution in [3.63, 3.8) is 0 Å². The second-order valence-electron chi connectivity index (χ2n) is 3.29. The Morgan fingerprint density at radius 1 is 1.12 bits per heavy atom. The third-order valence-electron chi connectivity index (χ3n) is 2.20. The third-order valence-corrected chi connectivity index (χ3v) is 2.73. The molecular weight excluding hydrogens is 276 g/mol. The van der Waals surface area contributed by atoms with Gasteiger partial charge in [-0.3, -0.25) is 4.98 Å². The van der Waals surface area contributed by atoms with Crippen molar-refractivity contribution in [2.45, 2.75) is 5.33 Å². The van der Waals surface area contributed by atoms with Crippen molar-refractivity contribution in [1.29, 1.82) is 0 Å². The van der Waals surface area contributed by atoms with Crippen LogP contribution in [-0.4, -0.2) is 4.98 Å². The number of hydrogen-bond acceptors (Lipinski definition) is 1. The summed E-state index contributed by atoms with van der Waals surface area (Å²) in [5.41, 5.74) is 1.92. The van der Waals surface area contributed by atoms with Crippen LogP contribution in [0, 0.1) is 11.6 Å². The molecule has 4 heteroatoms. The van der Waals surface area contributed by atoms with Gasteiger partial charge in [-0.2, -0.15) is 0 Å². The maximum absolute atomic E-state index is 13.1. The van der Waals surface area contributed by atoms with E-state index in [2.05, 4.69) is 20.9 Å². The van der Waals surface area contributed by atoms with Crippen molar-refractivity contribution >= 4 is 15.9 Å². The number of halogens is 3. The normalized spacial score (nSPS) is 10.4. The number of hydrogen-bond donors (Lipinski definition) is 0. The Bertz CT molecular complexity index is 514. The molecule has 0 atom stereocenters. The standard InChI is InChI=1S/C12H8BrF2N/c13-6-12-11(5-10(15)7-16-12)8-2-1-3-9(14)4-8/h1-5,7H,6H2. The minimum absolute atomic E-state index is 0.345. The molecule has 0 aliphatic carbocycles. The van der Waals surface area contributed by atoms with E-state index in [1.807, 2.05) is 0 Å². The van der Waals surface area contributed by atoms with Crippen LogP contribution in [-0.2, 0) is 5.33 Å². The molecule has 1 aromatic carbocycles. The van der Waals surface area contributed by atoms with Crippen LogP contribution in [0.15, 0.2) is 36.5 Å². The first-order valence-electron chi connectivity index (χ1n) is 4.67. The molecule has 0 N–H and O–H groups in total. The van der Waals surface area contributed by atoms with Crippen molar-refractivity contribution < 1.29 is 8.78 Å². The number of nitrogens with zero attached hydrogens (tertiary/aromatic N) is 1. The zero-order chi connectivity index (χ0) is 11.5. The fourth-order valence-corrected chi connectivity index (χ4v) is 1.93. The lowest BCUT2D eigenvalue weighted by Gasteiger charge is -2.06. The predicted octanol–water partition coefficient (Wildman–Crippen LogP) is 3.92. The SMILES string of the molecule is Fc1cccc(-c2cc(F)cnc2CBr)c1. The van der Waals surface area contributed by atoms with Gasteiger partial charge in [0, 0.05) is 10.9 Å². The molecule has 2 rings (SSSR count). The average molecular weight is 284 g/mol. The second kappa shape index (κ2) is 4.70. The quantitative estimate of drug-likeness (QED) is 0.762. The topological polar surface area (TPSA) is 12.9 Å². The van der Waals surface area contributed by atoms with Crippen LogP contribution in [0.5, 0.6) is 0 Å². The minimum atomic E-state index is -0.427. The summed E-state index contributed by atoms with van der Waals surface area (Å²) in [6, 6.07) is 7.39. The highest BCUT2D eigenvalue weighted by molar-refractivity contribution is 9.08. The molecule has 1 heterocycles. The van der Waals surface area contributed by atoms with Gasteiger partial charge in [-0.1, -0.05) is 28.1 Å². The fraction of sp³-hybridized carbons (Fsp3) is 0.0833. The van der Waals surface area contributed by atoms with E-state index in [0.717, 1.165) is 6.20 Å². The van der Waals surface area contributed by atoms with Gasteiger partial charge in [0.05, 0.1) is 11.9 Å². The van der Waals surface area contributed by atoms with Crippen molar-refractivity contribution in [2.24, 2.45) is 0 Å². The largest absolute Gasteiger partial charge is 0.257 e. The minimum Gasteiger partial charge on any atom is -0.257 e. The highest BCUT2D eigenvalue weighted by atomic mass is 79.9. The van der Waals surface area contributed by atoms with Gasteiger partial charge in [0.2, 0.25) is 0 Å². The Labute approximate surface area is 100 Å². The van der Waals surface area contributed by atoms with Crippen molar-refractivity contribution in [3.8, 4) is 11.1 Å². The molecule has 0 fully saturated rings. The van der Waals surface area contributed by atoms with Crippen LogP contribution in [0.3, 0.4) is 0 Å². The van der Waals surface area contributed by atoms with Crippen molar-refractivity contribution in [2.75, 3.05) is 0 Å². The molecule has 0 aliphatic heterocycles. The van der Waals surface area contributed by atoms with Gasteiger partial charge in [-0.15, -0.1) is 0 Å². The monoisotopic (exact) mass is 283 g/mol. The molecule has 2 aromatic rings. The number of benzene rings is 1. The molecular formula is C12H8BrF2N. The van der Waals surface area contributed by atoms with Gasteiger partial charge in [0.1, 0.15) is 11.6 Å².